The highest BCUT2D eigenvalue weighted by Crippen LogP contribution is 2.43. The van der Waals surface area contributed by atoms with Gasteiger partial charge in [-0.25, -0.2) is 4.79 Å². The quantitative estimate of drug-likeness (QED) is 0.648. The summed E-state index contributed by atoms with van der Waals surface area (Å²) in [5.74, 6) is 0.0239. The average Bonchev–Trinajstić information content (AvgIpc) is 3.11. The number of thiophene rings is 1. The van der Waals surface area contributed by atoms with Gasteiger partial charge in [-0.2, -0.15) is 5.26 Å². The van der Waals surface area contributed by atoms with Crippen molar-refractivity contribution in [3.8, 4) is 6.07 Å². The standard InChI is InChI=1S/C23H36N6O2S/c1-6-8-29(23(31)26-7-9-27(3)4)22(30)16-10-15-11-17-18(13-24)21(25-2)32-20(17)12-19(15)28(5)14-16/h15-16,19,25H,6-12,14H2,1-5H3,(H,26,31)/t15-,16-,19-/m1/s1. The molecule has 0 radical (unpaired) electrons. The first-order chi connectivity index (χ1) is 15.3. The zero-order chi connectivity index (χ0) is 23.4. The zero-order valence-corrected chi connectivity index (χ0v) is 20.7. The second-order valence-corrected chi connectivity index (χ2v) is 10.3. The average molecular weight is 461 g/mol. The van der Waals surface area contributed by atoms with Crippen molar-refractivity contribution >= 4 is 28.3 Å². The van der Waals surface area contributed by atoms with Crippen molar-refractivity contribution in [2.24, 2.45) is 11.8 Å². The molecule has 2 aliphatic rings. The molecular weight excluding hydrogens is 424 g/mol. The Morgan fingerprint density at radius 3 is 2.66 bits per heavy atom. The van der Waals surface area contributed by atoms with Crippen LogP contribution in [0.5, 0.6) is 0 Å². The fraction of sp³-hybridized carbons (Fsp3) is 0.696. The number of nitrogens with zero attached hydrogens (tertiary/aromatic N) is 4. The van der Waals surface area contributed by atoms with E-state index in [1.165, 1.54) is 9.78 Å². The van der Waals surface area contributed by atoms with Crippen LogP contribution in [0.4, 0.5) is 9.80 Å². The van der Waals surface area contributed by atoms with Crippen LogP contribution in [-0.2, 0) is 17.6 Å². The van der Waals surface area contributed by atoms with Gasteiger partial charge in [0.2, 0.25) is 5.91 Å². The lowest BCUT2D eigenvalue weighted by Gasteiger charge is -2.45. The maximum atomic E-state index is 13.4. The van der Waals surface area contributed by atoms with Gasteiger partial charge in [-0.15, -0.1) is 11.3 Å². The Labute approximate surface area is 195 Å². The molecule has 0 spiro atoms. The Morgan fingerprint density at radius 1 is 1.28 bits per heavy atom. The first kappa shape index (κ1) is 24.5. The van der Waals surface area contributed by atoms with Crippen molar-refractivity contribution in [3.05, 3.63) is 16.0 Å². The zero-order valence-electron chi connectivity index (χ0n) is 19.9. The number of anilines is 1. The summed E-state index contributed by atoms with van der Waals surface area (Å²) in [6.07, 6.45) is 3.23. The molecule has 1 fully saturated rings. The normalized spacial score (nSPS) is 22.6. The molecule has 3 rings (SSSR count). The van der Waals surface area contributed by atoms with Crippen molar-refractivity contribution in [1.82, 2.24) is 20.0 Å². The third-order valence-corrected chi connectivity index (χ3v) is 7.91. The molecule has 2 N–H and O–H groups in total. The maximum Gasteiger partial charge on any atom is 0.324 e. The minimum atomic E-state index is -0.294. The molecule has 176 valence electrons. The van der Waals surface area contributed by atoms with Crippen molar-refractivity contribution in [2.45, 2.75) is 38.6 Å². The number of rotatable bonds is 7. The summed E-state index contributed by atoms with van der Waals surface area (Å²) >= 11 is 1.68. The van der Waals surface area contributed by atoms with E-state index in [4.69, 9.17) is 0 Å². The molecule has 1 saturated heterocycles. The lowest BCUT2D eigenvalue weighted by Crippen LogP contribution is -2.55. The van der Waals surface area contributed by atoms with Crippen LogP contribution in [0.2, 0.25) is 0 Å². The smallest absolute Gasteiger partial charge is 0.324 e. The minimum absolute atomic E-state index is 0.0768. The van der Waals surface area contributed by atoms with Gasteiger partial charge in [-0.3, -0.25) is 9.69 Å². The SMILES string of the molecule is CCCN(C(=O)NCCN(C)C)C(=O)[C@@H]1C[C@@H]2Cc3c(sc(NC)c3C#N)C[C@H]2N(C)C1. The largest absolute Gasteiger partial charge is 0.379 e. The van der Waals surface area contributed by atoms with Crippen LogP contribution < -0.4 is 10.6 Å². The van der Waals surface area contributed by atoms with Crippen LogP contribution in [0.3, 0.4) is 0 Å². The number of amides is 3. The molecule has 9 heteroatoms. The fourth-order valence-electron chi connectivity index (χ4n) is 5.04. The topological polar surface area (TPSA) is 91.7 Å². The molecule has 3 amide bonds. The number of fused-ring (bicyclic) bond motifs is 2. The summed E-state index contributed by atoms with van der Waals surface area (Å²) in [6, 6.07) is 2.45. The first-order valence-electron chi connectivity index (χ1n) is 11.5. The van der Waals surface area contributed by atoms with E-state index in [0.717, 1.165) is 48.4 Å². The second-order valence-electron chi connectivity index (χ2n) is 9.20. The van der Waals surface area contributed by atoms with Gasteiger partial charge in [0.05, 0.1) is 11.5 Å². The first-order valence-corrected chi connectivity index (χ1v) is 12.3. The minimum Gasteiger partial charge on any atom is -0.379 e. The van der Waals surface area contributed by atoms with Crippen LogP contribution in [0.1, 0.15) is 35.8 Å². The van der Waals surface area contributed by atoms with Gasteiger partial charge in [-0.1, -0.05) is 6.92 Å². The molecule has 0 bridgehead atoms. The van der Waals surface area contributed by atoms with Crippen LogP contribution in [0.25, 0.3) is 0 Å². The van der Waals surface area contributed by atoms with Gasteiger partial charge in [0.1, 0.15) is 11.1 Å². The number of piperidine rings is 1. The van der Waals surface area contributed by atoms with Gasteiger partial charge >= 0.3 is 6.03 Å². The van der Waals surface area contributed by atoms with E-state index in [9.17, 15) is 14.9 Å². The number of nitriles is 1. The van der Waals surface area contributed by atoms with E-state index in [0.29, 0.717) is 31.6 Å². The van der Waals surface area contributed by atoms with Gasteiger partial charge in [0.15, 0.2) is 0 Å². The van der Waals surface area contributed by atoms with Gasteiger partial charge in [0, 0.05) is 44.1 Å². The number of urea groups is 1. The summed E-state index contributed by atoms with van der Waals surface area (Å²) in [5.41, 5.74) is 1.91. The number of likely N-dealkylation sites (N-methyl/N-ethyl adjacent to an activating group) is 2. The van der Waals surface area contributed by atoms with E-state index in [2.05, 4.69) is 28.7 Å². The van der Waals surface area contributed by atoms with E-state index < -0.39 is 0 Å². The number of carbonyl (C=O) groups excluding carboxylic acids is 2. The Balaban J connectivity index is 1.73. The van der Waals surface area contributed by atoms with E-state index in [1.807, 2.05) is 33.0 Å². The molecule has 8 nitrogen and oxygen atoms in total. The Morgan fingerprint density at radius 2 is 2.03 bits per heavy atom. The van der Waals surface area contributed by atoms with Crippen molar-refractivity contribution in [1.29, 1.82) is 5.26 Å². The predicted octanol–water partition coefficient (Wildman–Crippen LogP) is 2.21. The van der Waals surface area contributed by atoms with E-state index in [1.54, 1.807) is 11.3 Å². The van der Waals surface area contributed by atoms with Crippen LogP contribution in [-0.4, -0.2) is 87.0 Å². The summed E-state index contributed by atoms with van der Waals surface area (Å²) in [4.78, 5) is 33.2. The molecular formula is C23H36N6O2S. The third kappa shape index (κ3) is 5.08. The van der Waals surface area contributed by atoms with E-state index in [-0.39, 0.29) is 17.9 Å². The molecule has 0 saturated carbocycles. The molecule has 1 aromatic rings. The highest BCUT2D eigenvalue weighted by molar-refractivity contribution is 7.16. The fourth-order valence-corrected chi connectivity index (χ4v) is 6.22. The number of likely N-dealkylation sites (tertiary alicyclic amines) is 1. The number of hydrogen-bond donors (Lipinski definition) is 2. The van der Waals surface area contributed by atoms with Gasteiger partial charge in [-0.05, 0) is 58.3 Å². The molecule has 2 heterocycles. The van der Waals surface area contributed by atoms with Gasteiger partial charge < -0.3 is 20.4 Å². The van der Waals surface area contributed by atoms with Crippen LogP contribution in [0, 0.1) is 23.2 Å². The van der Waals surface area contributed by atoms with Crippen LogP contribution in [0.15, 0.2) is 0 Å². The molecule has 0 unspecified atom stereocenters. The lowest BCUT2D eigenvalue weighted by atomic mass is 9.74. The monoisotopic (exact) mass is 460 g/mol. The number of imide groups is 1. The lowest BCUT2D eigenvalue weighted by molar-refractivity contribution is -0.136. The molecule has 32 heavy (non-hydrogen) atoms. The van der Waals surface area contributed by atoms with E-state index >= 15 is 0 Å². The highest BCUT2D eigenvalue weighted by atomic mass is 32.1. The number of nitrogens with one attached hydrogen (secondary N) is 2. The molecule has 1 aliphatic carbocycles. The third-order valence-electron chi connectivity index (χ3n) is 6.64. The molecule has 1 aromatic heterocycles. The summed E-state index contributed by atoms with van der Waals surface area (Å²) in [6.45, 7) is 4.32. The Hall–Kier alpha value is -2.15. The maximum absolute atomic E-state index is 13.4. The molecule has 0 aromatic carbocycles. The highest BCUT2D eigenvalue weighted by Gasteiger charge is 2.43. The Bertz CT molecular complexity index is 877. The molecule has 3 atom stereocenters. The Kier molecular flexibility index (Phi) is 8.15. The summed E-state index contributed by atoms with van der Waals surface area (Å²) in [7, 11) is 7.85. The van der Waals surface area contributed by atoms with Crippen LogP contribution >= 0.6 is 11.3 Å². The van der Waals surface area contributed by atoms with Gasteiger partial charge in [0.25, 0.3) is 0 Å². The van der Waals surface area contributed by atoms with Crippen molar-refractivity contribution < 1.29 is 9.59 Å². The molecule has 1 aliphatic heterocycles. The summed E-state index contributed by atoms with van der Waals surface area (Å²) in [5, 5.41) is 16.7. The number of carbonyl (C=O) groups is 2. The summed E-state index contributed by atoms with van der Waals surface area (Å²) < 4.78 is 0. The predicted molar refractivity (Wildman–Crippen MR) is 128 cm³/mol. The second kappa shape index (κ2) is 10.6. The van der Waals surface area contributed by atoms with Crippen molar-refractivity contribution in [2.75, 3.05) is 59.7 Å². The van der Waals surface area contributed by atoms with Crippen molar-refractivity contribution in [3.63, 3.8) is 0 Å². The number of hydrogen-bond acceptors (Lipinski definition) is 7.